The van der Waals surface area contributed by atoms with Gasteiger partial charge in [0, 0.05) is 11.0 Å². The first kappa shape index (κ1) is 40.7. The van der Waals surface area contributed by atoms with Gasteiger partial charge in [-0.25, -0.2) is 0 Å². The van der Waals surface area contributed by atoms with E-state index in [2.05, 4.69) is 135 Å². The molecular formula is C46H68O5. The van der Waals surface area contributed by atoms with Gasteiger partial charge >= 0.3 is 0 Å². The lowest BCUT2D eigenvalue weighted by molar-refractivity contribution is -0.298. The molecule has 3 aromatic carbocycles. The Morgan fingerprint density at radius 1 is 0.510 bits per heavy atom. The summed E-state index contributed by atoms with van der Waals surface area (Å²) in [6, 6.07) is 8.40. The molecule has 1 aliphatic heterocycles. The summed E-state index contributed by atoms with van der Waals surface area (Å²) in [6.07, 6.45) is 0.0529. The fraction of sp³-hybridized carbons (Fsp3) is 0.609. The van der Waals surface area contributed by atoms with Crippen molar-refractivity contribution in [3.63, 3.8) is 0 Å². The first-order valence-electron chi connectivity index (χ1n) is 18.9. The smallest absolute Gasteiger partial charge is 0.184 e. The summed E-state index contributed by atoms with van der Waals surface area (Å²) < 4.78 is 14.1. The van der Waals surface area contributed by atoms with Crippen LogP contribution in [0, 0.1) is 33.1 Å². The van der Waals surface area contributed by atoms with Gasteiger partial charge in [0.1, 0.15) is 17.2 Å². The lowest BCUT2D eigenvalue weighted by atomic mass is 9.66. The lowest BCUT2D eigenvalue weighted by Gasteiger charge is -2.51. The normalized spacial score (nSPS) is 20.2. The van der Waals surface area contributed by atoms with E-state index in [1.807, 2.05) is 13.8 Å². The summed E-state index contributed by atoms with van der Waals surface area (Å²) in [5, 5.41) is 34.6. The van der Waals surface area contributed by atoms with E-state index in [1.165, 1.54) is 0 Å². The Kier molecular flexibility index (Phi) is 10.7. The van der Waals surface area contributed by atoms with Crippen LogP contribution in [0.3, 0.4) is 0 Å². The molecule has 3 aromatic rings. The van der Waals surface area contributed by atoms with Crippen molar-refractivity contribution in [2.24, 2.45) is 5.41 Å². The minimum atomic E-state index is -0.636. The van der Waals surface area contributed by atoms with Crippen molar-refractivity contribution in [2.45, 2.75) is 178 Å². The Bertz CT molecular complexity index is 1660. The maximum absolute atomic E-state index is 11.6. The van der Waals surface area contributed by atoms with E-state index in [9.17, 15) is 15.3 Å². The SMILES string of the molecule is Cc1cc(C(C)(C)C)c(O)c(C)c1CC1(Cc2c(C)cc(C(C)(C)C)c(O)c2C)C(C)OC(c2cc(C(C)(C)C)c(O)c(C(C)(C)C)c2)OC1C. The fourth-order valence-corrected chi connectivity index (χ4v) is 8.11. The summed E-state index contributed by atoms with van der Waals surface area (Å²) in [7, 11) is 0. The molecule has 1 saturated heterocycles. The van der Waals surface area contributed by atoms with Crippen LogP contribution in [0.5, 0.6) is 17.2 Å². The summed E-state index contributed by atoms with van der Waals surface area (Å²) in [5.41, 5.74) is 9.25. The second-order valence-electron chi connectivity index (χ2n) is 19.8. The molecule has 1 aliphatic rings. The quantitative estimate of drug-likeness (QED) is 0.247. The van der Waals surface area contributed by atoms with Crippen molar-refractivity contribution < 1.29 is 24.8 Å². The Morgan fingerprint density at radius 3 is 1.10 bits per heavy atom. The molecular weight excluding hydrogens is 633 g/mol. The van der Waals surface area contributed by atoms with Crippen molar-refractivity contribution in [3.05, 3.63) is 85.5 Å². The summed E-state index contributed by atoms with van der Waals surface area (Å²) in [5.74, 6) is 1.03. The highest BCUT2D eigenvalue weighted by Gasteiger charge is 2.50. The van der Waals surface area contributed by atoms with Gasteiger partial charge in [-0.3, -0.25) is 0 Å². The Balaban J connectivity index is 1.93. The van der Waals surface area contributed by atoms with Gasteiger partial charge in [0.05, 0.1) is 12.2 Å². The van der Waals surface area contributed by atoms with E-state index >= 15 is 0 Å². The number of phenols is 3. The summed E-state index contributed by atoms with van der Waals surface area (Å²) in [4.78, 5) is 0. The molecule has 5 heteroatoms. The van der Waals surface area contributed by atoms with Crippen LogP contribution in [0.1, 0.15) is 164 Å². The van der Waals surface area contributed by atoms with Crippen LogP contribution in [0.15, 0.2) is 24.3 Å². The second kappa shape index (κ2) is 13.4. The Hall–Kier alpha value is -3.02. The van der Waals surface area contributed by atoms with Crippen molar-refractivity contribution in [2.75, 3.05) is 0 Å². The largest absolute Gasteiger partial charge is 0.507 e. The van der Waals surface area contributed by atoms with E-state index in [0.717, 1.165) is 61.2 Å². The van der Waals surface area contributed by atoms with Crippen molar-refractivity contribution >= 4 is 0 Å². The molecule has 2 atom stereocenters. The first-order chi connectivity index (χ1) is 23.0. The van der Waals surface area contributed by atoms with E-state index < -0.39 is 11.7 Å². The van der Waals surface area contributed by atoms with Gasteiger partial charge in [0.2, 0.25) is 0 Å². The van der Waals surface area contributed by atoms with Crippen LogP contribution in [-0.2, 0) is 44.0 Å². The van der Waals surface area contributed by atoms with E-state index in [0.29, 0.717) is 30.1 Å². The monoisotopic (exact) mass is 701 g/mol. The number of hydrogen-bond acceptors (Lipinski definition) is 5. The zero-order valence-electron chi connectivity index (χ0n) is 35.1. The van der Waals surface area contributed by atoms with E-state index in [-0.39, 0.29) is 33.9 Å². The van der Waals surface area contributed by atoms with Gasteiger partial charge in [-0.05, 0) is 144 Å². The molecule has 2 unspecified atom stereocenters. The van der Waals surface area contributed by atoms with Gasteiger partial charge in [0.15, 0.2) is 6.29 Å². The Morgan fingerprint density at radius 2 is 0.804 bits per heavy atom. The number of hydrogen-bond donors (Lipinski definition) is 3. The van der Waals surface area contributed by atoms with Gasteiger partial charge in [-0.2, -0.15) is 0 Å². The highest BCUT2D eigenvalue weighted by Crippen LogP contribution is 2.51. The molecule has 0 radical (unpaired) electrons. The zero-order chi connectivity index (χ0) is 39.0. The standard InChI is InChI=1S/C46H68O5/c1-25-19-34(42(7,8)9)38(47)27(3)32(25)23-46(24-33-26(2)20-35(43(10,11)12)39(48)28(33)4)29(5)50-41(51-30(46)6)31-21-36(44(13,14)15)40(49)37(22-31)45(16,17)18/h19-22,29-30,41,47-49H,23-24H2,1-18H3. The second-order valence-corrected chi connectivity index (χ2v) is 19.8. The summed E-state index contributed by atoms with van der Waals surface area (Å²) >= 11 is 0. The molecule has 4 rings (SSSR count). The highest BCUT2D eigenvalue weighted by atomic mass is 16.7. The average Bonchev–Trinajstić information content (AvgIpc) is 2.96. The number of aromatic hydroxyl groups is 3. The van der Waals surface area contributed by atoms with Crippen LogP contribution >= 0.6 is 0 Å². The van der Waals surface area contributed by atoms with Crippen LogP contribution in [0.25, 0.3) is 0 Å². The molecule has 5 nitrogen and oxygen atoms in total. The van der Waals surface area contributed by atoms with Gasteiger partial charge in [-0.1, -0.05) is 95.2 Å². The van der Waals surface area contributed by atoms with Crippen LogP contribution in [0.2, 0.25) is 0 Å². The molecule has 3 N–H and O–H groups in total. The van der Waals surface area contributed by atoms with E-state index in [4.69, 9.17) is 9.47 Å². The first-order valence-corrected chi connectivity index (χ1v) is 18.9. The zero-order valence-corrected chi connectivity index (χ0v) is 35.1. The van der Waals surface area contributed by atoms with Crippen molar-refractivity contribution in [1.82, 2.24) is 0 Å². The number of benzene rings is 3. The minimum absolute atomic E-state index is 0.205. The number of ether oxygens (including phenoxy) is 2. The van der Waals surface area contributed by atoms with Crippen molar-refractivity contribution in [3.8, 4) is 17.2 Å². The van der Waals surface area contributed by atoms with Crippen LogP contribution in [-0.4, -0.2) is 27.5 Å². The van der Waals surface area contributed by atoms with Crippen LogP contribution < -0.4 is 0 Å². The number of rotatable bonds is 5. The third-order valence-corrected chi connectivity index (χ3v) is 11.7. The molecule has 0 bridgehead atoms. The molecule has 0 aromatic heterocycles. The van der Waals surface area contributed by atoms with E-state index in [1.54, 1.807) is 0 Å². The van der Waals surface area contributed by atoms with Gasteiger partial charge in [0.25, 0.3) is 0 Å². The third-order valence-electron chi connectivity index (χ3n) is 11.7. The summed E-state index contributed by atoms with van der Waals surface area (Å²) in [6.45, 7) is 38.2. The molecule has 282 valence electrons. The highest BCUT2D eigenvalue weighted by molar-refractivity contribution is 5.54. The topological polar surface area (TPSA) is 79.2 Å². The molecule has 0 saturated carbocycles. The Labute approximate surface area is 309 Å². The predicted molar refractivity (Wildman–Crippen MR) is 212 cm³/mol. The van der Waals surface area contributed by atoms with Crippen molar-refractivity contribution in [1.29, 1.82) is 0 Å². The molecule has 0 aliphatic carbocycles. The lowest BCUT2D eigenvalue weighted by Crippen LogP contribution is -2.53. The van der Waals surface area contributed by atoms with Gasteiger partial charge < -0.3 is 24.8 Å². The van der Waals surface area contributed by atoms with Crippen LogP contribution in [0.4, 0.5) is 0 Å². The third kappa shape index (κ3) is 7.72. The number of phenolic OH excluding ortho intramolecular Hbond substituents is 3. The number of aryl methyl sites for hydroxylation is 2. The fourth-order valence-electron chi connectivity index (χ4n) is 8.11. The minimum Gasteiger partial charge on any atom is -0.507 e. The van der Waals surface area contributed by atoms with Gasteiger partial charge in [-0.15, -0.1) is 0 Å². The average molecular weight is 701 g/mol. The molecule has 51 heavy (non-hydrogen) atoms. The maximum atomic E-state index is 11.6. The molecule has 0 amide bonds. The molecule has 1 heterocycles. The predicted octanol–water partition coefficient (Wildman–Crippen LogP) is 11.5. The molecule has 0 spiro atoms. The molecule has 1 fully saturated rings. The maximum Gasteiger partial charge on any atom is 0.184 e.